The van der Waals surface area contributed by atoms with Crippen LogP contribution in [0.15, 0.2) is 0 Å². The predicted molar refractivity (Wildman–Crippen MR) is 80.3 cm³/mol. The number of anilines is 1. The molecule has 106 valence electrons. The fourth-order valence-corrected chi connectivity index (χ4v) is 2.25. The Morgan fingerprint density at radius 1 is 1.47 bits per heavy atom. The van der Waals surface area contributed by atoms with E-state index in [1.165, 1.54) is 0 Å². The third-order valence-electron chi connectivity index (χ3n) is 2.99. The van der Waals surface area contributed by atoms with Gasteiger partial charge in [0.1, 0.15) is 10.8 Å². The number of likely N-dealkylation sites (N-methyl/N-ethyl adjacent to an activating group) is 1. The molecule has 1 aromatic rings. The minimum Gasteiger partial charge on any atom is -0.389 e. The lowest BCUT2D eigenvalue weighted by Crippen LogP contribution is -2.35. The van der Waals surface area contributed by atoms with Gasteiger partial charge in [0.2, 0.25) is 5.91 Å². The number of hydrogen-bond donors (Lipinski definition) is 2. The van der Waals surface area contributed by atoms with Crippen molar-refractivity contribution < 1.29 is 4.79 Å². The molecule has 0 aromatic carbocycles. The summed E-state index contributed by atoms with van der Waals surface area (Å²) in [7, 11) is 1.79. The zero-order chi connectivity index (χ0) is 14.6. The van der Waals surface area contributed by atoms with E-state index in [2.05, 4.69) is 10.4 Å². The highest BCUT2D eigenvalue weighted by molar-refractivity contribution is 7.80. The van der Waals surface area contributed by atoms with Crippen LogP contribution in [0.25, 0.3) is 0 Å². The van der Waals surface area contributed by atoms with Crippen molar-refractivity contribution in [3.8, 4) is 0 Å². The van der Waals surface area contributed by atoms with Crippen molar-refractivity contribution >= 4 is 28.9 Å². The van der Waals surface area contributed by atoms with Crippen LogP contribution in [0.1, 0.15) is 25.1 Å². The van der Waals surface area contributed by atoms with Crippen LogP contribution >= 0.6 is 12.2 Å². The summed E-state index contributed by atoms with van der Waals surface area (Å²) in [5.41, 5.74) is 7.15. The summed E-state index contributed by atoms with van der Waals surface area (Å²) in [6.07, 6.45) is 0. The number of aryl methyl sites for hydroxylation is 2. The van der Waals surface area contributed by atoms with E-state index in [-0.39, 0.29) is 17.4 Å². The number of nitrogens with two attached hydrogens (primary N) is 1. The van der Waals surface area contributed by atoms with Gasteiger partial charge in [-0.1, -0.05) is 12.2 Å². The maximum Gasteiger partial charge on any atom is 0.241 e. The predicted octanol–water partition coefficient (Wildman–Crippen LogP) is 0.643. The first-order valence-corrected chi connectivity index (χ1v) is 6.68. The molecule has 1 aromatic heterocycles. The molecule has 0 bridgehead atoms. The molecule has 19 heavy (non-hydrogen) atoms. The first-order valence-electron chi connectivity index (χ1n) is 6.27. The highest BCUT2D eigenvalue weighted by Crippen LogP contribution is 2.18. The van der Waals surface area contributed by atoms with Crippen LogP contribution in [0.2, 0.25) is 0 Å². The average Bonchev–Trinajstić information content (AvgIpc) is 2.62. The number of carbonyl (C=O) groups is 1. The van der Waals surface area contributed by atoms with E-state index in [4.69, 9.17) is 18.0 Å². The number of nitrogens with zero attached hydrogens (tertiary/aromatic N) is 3. The number of nitrogens with one attached hydrogen (secondary N) is 1. The number of rotatable bonds is 6. The maximum absolute atomic E-state index is 11.9. The fraction of sp³-hybridized carbons (Fsp3) is 0.583. The summed E-state index contributed by atoms with van der Waals surface area (Å²) in [6, 6.07) is 0. The third-order valence-corrected chi connectivity index (χ3v) is 3.20. The summed E-state index contributed by atoms with van der Waals surface area (Å²) < 4.78 is 1.65. The van der Waals surface area contributed by atoms with Crippen molar-refractivity contribution in [1.29, 1.82) is 0 Å². The van der Waals surface area contributed by atoms with Crippen molar-refractivity contribution in [3.05, 3.63) is 11.3 Å². The Balaban J connectivity index is 2.84. The molecule has 0 aliphatic rings. The van der Waals surface area contributed by atoms with Crippen molar-refractivity contribution in [2.24, 2.45) is 12.8 Å². The molecule has 0 saturated heterocycles. The lowest BCUT2D eigenvalue weighted by Gasteiger charge is -2.19. The molecule has 1 heterocycles. The zero-order valence-electron chi connectivity index (χ0n) is 11.9. The fourth-order valence-electron chi connectivity index (χ4n) is 2.00. The van der Waals surface area contributed by atoms with Crippen molar-refractivity contribution in [2.45, 2.75) is 20.8 Å². The van der Waals surface area contributed by atoms with Gasteiger partial charge in [-0.15, -0.1) is 0 Å². The van der Waals surface area contributed by atoms with E-state index >= 15 is 0 Å². The standard InChI is InChI=1S/C12H21N5OS/c1-5-17(6-2)9(18)7-14-12-10(11(13)19)8(3)15-16(12)4/h14H,5-7H2,1-4H3,(H2,13,19). The Labute approximate surface area is 118 Å². The average molecular weight is 283 g/mol. The van der Waals surface area contributed by atoms with Crippen LogP contribution in [-0.4, -0.2) is 45.2 Å². The van der Waals surface area contributed by atoms with Gasteiger partial charge in [-0.2, -0.15) is 5.10 Å². The van der Waals surface area contributed by atoms with Gasteiger partial charge in [-0.3, -0.25) is 9.48 Å². The summed E-state index contributed by atoms with van der Waals surface area (Å²) in [5.74, 6) is 0.725. The Hall–Kier alpha value is -1.63. The molecule has 6 nitrogen and oxygen atoms in total. The number of thiocarbonyl (C=S) groups is 1. The van der Waals surface area contributed by atoms with Crippen LogP contribution in [0.5, 0.6) is 0 Å². The van der Waals surface area contributed by atoms with Gasteiger partial charge in [-0.25, -0.2) is 0 Å². The summed E-state index contributed by atoms with van der Waals surface area (Å²) >= 11 is 5.02. The molecule has 0 radical (unpaired) electrons. The van der Waals surface area contributed by atoms with Crippen LogP contribution in [0.3, 0.4) is 0 Å². The topological polar surface area (TPSA) is 76.2 Å². The molecule has 0 aliphatic heterocycles. The molecule has 0 aliphatic carbocycles. The molecular weight excluding hydrogens is 262 g/mol. The van der Waals surface area contributed by atoms with E-state index in [9.17, 15) is 4.79 Å². The normalized spacial score (nSPS) is 10.3. The molecule has 3 N–H and O–H groups in total. The number of hydrogen-bond acceptors (Lipinski definition) is 4. The molecule has 7 heteroatoms. The quantitative estimate of drug-likeness (QED) is 0.749. The summed E-state index contributed by atoms with van der Waals surface area (Å²) in [4.78, 5) is 14.0. The lowest BCUT2D eigenvalue weighted by atomic mass is 10.2. The Bertz CT molecular complexity index is 479. The van der Waals surface area contributed by atoms with Gasteiger partial charge in [-0.05, 0) is 20.8 Å². The van der Waals surface area contributed by atoms with E-state index in [0.29, 0.717) is 24.5 Å². The first-order chi connectivity index (χ1) is 8.92. The van der Waals surface area contributed by atoms with Crippen molar-refractivity contribution in [2.75, 3.05) is 25.0 Å². The maximum atomic E-state index is 11.9. The van der Waals surface area contributed by atoms with Crippen LogP contribution < -0.4 is 11.1 Å². The van der Waals surface area contributed by atoms with Crippen molar-refractivity contribution in [3.63, 3.8) is 0 Å². The molecule has 0 unspecified atom stereocenters. The SMILES string of the molecule is CCN(CC)C(=O)CNc1c(C(N)=S)c(C)nn1C. The van der Waals surface area contributed by atoms with Gasteiger partial charge < -0.3 is 16.0 Å². The monoisotopic (exact) mass is 283 g/mol. The van der Waals surface area contributed by atoms with Gasteiger partial charge >= 0.3 is 0 Å². The van der Waals surface area contributed by atoms with Gasteiger partial charge in [0.05, 0.1) is 17.8 Å². The largest absolute Gasteiger partial charge is 0.389 e. The highest BCUT2D eigenvalue weighted by Gasteiger charge is 2.17. The first kappa shape index (κ1) is 15.4. The minimum absolute atomic E-state index is 0.0396. The molecule has 0 atom stereocenters. The second kappa shape index (κ2) is 6.51. The summed E-state index contributed by atoms with van der Waals surface area (Å²) in [5, 5.41) is 7.33. The Morgan fingerprint density at radius 3 is 2.53 bits per heavy atom. The Kier molecular flexibility index (Phi) is 5.29. The molecule has 1 rings (SSSR count). The van der Waals surface area contributed by atoms with E-state index in [1.807, 2.05) is 20.8 Å². The van der Waals surface area contributed by atoms with Crippen LogP contribution in [0, 0.1) is 6.92 Å². The van der Waals surface area contributed by atoms with Crippen LogP contribution in [0.4, 0.5) is 5.82 Å². The molecular formula is C12H21N5OS. The lowest BCUT2D eigenvalue weighted by molar-refractivity contribution is -0.128. The summed E-state index contributed by atoms with van der Waals surface area (Å²) in [6.45, 7) is 7.35. The second-order valence-electron chi connectivity index (χ2n) is 4.22. The smallest absolute Gasteiger partial charge is 0.241 e. The number of aromatic nitrogens is 2. The van der Waals surface area contributed by atoms with E-state index < -0.39 is 0 Å². The van der Waals surface area contributed by atoms with Crippen molar-refractivity contribution in [1.82, 2.24) is 14.7 Å². The number of amides is 1. The Morgan fingerprint density at radius 2 is 2.05 bits per heavy atom. The van der Waals surface area contributed by atoms with Gasteiger partial charge in [0.15, 0.2) is 0 Å². The third kappa shape index (κ3) is 3.44. The second-order valence-corrected chi connectivity index (χ2v) is 4.66. The van der Waals surface area contributed by atoms with E-state index in [0.717, 1.165) is 5.69 Å². The van der Waals surface area contributed by atoms with E-state index in [1.54, 1.807) is 16.6 Å². The molecule has 0 spiro atoms. The van der Waals surface area contributed by atoms with Gasteiger partial charge in [0.25, 0.3) is 0 Å². The minimum atomic E-state index is 0.0396. The van der Waals surface area contributed by atoms with Crippen LogP contribution in [-0.2, 0) is 11.8 Å². The molecule has 1 amide bonds. The number of carbonyl (C=O) groups excluding carboxylic acids is 1. The van der Waals surface area contributed by atoms with Gasteiger partial charge in [0, 0.05) is 20.1 Å². The molecule has 0 fully saturated rings. The highest BCUT2D eigenvalue weighted by atomic mass is 32.1. The zero-order valence-corrected chi connectivity index (χ0v) is 12.7. The molecule has 0 saturated carbocycles.